The second kappa shape index (κ2) is 6.15. The summed E-state index contributed by atoms with van der Waals surface area (Å²) in [6, 6.07) is 4.85. The van der Waals surface area contributed by atoms with E-state index in [2.05, 4.69) is 15.9 Å². The summed E-state index contributed by atoms with van der Waals surface area (Å²) in [5, 5.41) is 0. The molecule has 0 fully saturated rings. The van der Waals surface area contributed by atoms with Crippen LogP contribution < -0.4 is 0 Å². The number of carbonyl (C=O) groups is 1. The number of rotatable bonds is 4. The predicted molar refractivity (Wildman–Crippen MR) is 70.6 cm³/mol. The summed E-state index contributed by atoms with van der Waals surface area (Å²) < 4.78 is 14.1. The predicted octanol–water partition coefficient (Wildman–Crippen LogP) is 3.85. The fourth-order valence-electron chi connectivity index (χ4n) is 1.66. The first-order valence-electron chi connectivity index (χ1n) is 5.74. The van der Waals surface area contributed by atoms with E-state index in [1.54, 1.807) is 17.0 Å². The van der Waals surface area contributed by atoms with Crippen LogP contribution in [-0.4, -0.2) is 23.4 Å². The zero-order chi connectivity index (χ0) is 13.0. The summed E-state index contributed by atoms with van der Waals surface area (Å²) in [5.74, 6) is -0.736. The summed E-state index contributed by atoms with van der Waals surface area (Å²) in [5.41, 5.74) is 0.126. The Hall–Kier alpha value is -0.900. The topological polar surface area (TPSA) is 20.3 Å². The number of hydrogen-bond donors (Lipinski definition) is 0. The first kappa shape index (κ1) is 14.2. The zero-order valence-corrected chi connectivity index (χ0v) is 11.9. The van der Waals surface area contributed by atoms with Crippen LogP contribution in [0.3, 0.4) is 0 Å². The molecule has 0 radical (unpaired) electrons. The van der Waals surface area contributed by atoms with Crippen molar-refractivity contribution in [3.63, 3.8) is 0 Å². The van der Waals surface area contributed by atoms with E-state index in [9.17, 15) is 9.18 Å². The van der Waals surface area contributed by atoms with E-state index in [0.717, 1.165) is 6.42 Å². The second-order valence-electron chi connectivity index (χ2n) is 4.19. The highest BCUT2D eigenvalue weighted by Gasteiger charge is 2.21. The van der Waals surface area contributed by atoms with E-state index >= 15 is 0 Å². The van der Waals surface area contributed by atoms with Gasteiger partial charge in [0.15, 0.2) is 0 Å². The highest BCUT2D eigenvalue weighted by Crippen LogP contribution is 2.20. The van der Waals surface area contributed by atoms with Crippen molar-refractivity contribution in [2.24, 2.45) is 0 Å². The van der Waals surface area contributed by atoms with Gasteiger partial charge in [0, 0.05) is 12.6 Å². The van der Waals surface area contributed by atoms with Crippen LogP contribution in [0, 0.1) is 5.82 Å². The van der Waals surface area contributed by atoms with Gasteiger partial charge in [-0.1, -0.05) is 13.0 Å². The molecule has 94 valence electrons. The standard InChI is InChI=1S/C13H17BrFNO/c1-4-8-16(9(2)3)13(17)10-6-5-7-11(14)12(10)15/h5-7,9H,4,8H2,1-3H3. The summed E-state index contributed by atoms with van der Waals surface area (Å²) in [6.07, 6.45) is 0.861. The smallest absolute Gasteiger partial charge is 0.257 e. The quantitative estimate of drug-likeness (QED) is 0.827. The Balaban J connectivity index is 3.05. The van der Waals surface area contributed by atoms with Crippen LogP contribution in [0.1, 0.15) is 37.6 Å². The first-order chi connectivity index (χ1) is 7.99. The van der Waals surface area contributed by atoms with Gasteiger partial charge in [0.2, 0.25) is 0 Å². The maximum Gasteiger partial charge on any atom is 0.257 e. The van der Waals surface area contributed by atoms with Crippen molar-refractivity contribution in [1.82, 2.24) is 4.90 Å². The van der Waals surface area contributed by atoms with Crippen molar-refractivity contribution >= 4 is 21.8 Å². The summed E-state index contributed by atoms with van der Waals surface area (Å²) in [6.45, 7) is 6.51. The Bertz CT molecular complexity index is 406. The van der Waals surface area contributed by atoms with Crippen LogP contribution >= 0.6 is 15.9 Å². The first-order valence-corrected chi connectivity index (χ1v) is 6.53. The number of hydrogen-bond acceptors (Lipinski definition) is 1. The van der Waals surface area contributed by atoms with Crippen LogP contribution in [0.25, 0.3) is 0 Å². The molecule has 0 unspecified atom stereocenters. The molecule has 2 nitrogen and oxygen atoms in total. The van der Waals surface area contributed by atoms with Crippen molar-refractivity contribution in [1.29, 1.82) is 0 Å². The molecule has 0 saturated heterocycles. The Labute approximate surface area is 110 Å². The molecule has 17 heavy (non-hydrogen) atoms. The molecular weight excluding hydrogens is 285 g/mol. The van der Waals surface area contributed by atoms with Gasteiger partial charge in [0.1, 0.15) is 5.82 Å². The normalized spacial score (nSPS) is 10.7. The van der Waals surface area contributed by atoms with Gasteiger partial charge in [-0.25, -0.2) is 4.39 Å². The third kappa shape index (κ3) is 3.28. The summed E-state index contributed by atoms with van der Waals surface area (Å²) in [7, 11) is 0. The van der Waals surface area contributed by atoms with Gasteiger partial charge in [-0.3, -0.25) is 4.79 Å². The van der Waals surface area contributed by atoms with Gasteiger partial charge >= 0.3 is 0 Å². The molecule has 0 aliphatic carbocycles. The minimum Gasteiger partial charge on any atom is -0.336 e. The van der Waals surface area contributed by atoms with Gasteiger partial charge in [-0.05, 0) is 48.3 Å². The third-order valence-electron chi connectivity index (χ3n) is 2.53. The van der Waals surface area contributed by atoms with E-state index in [1.165, 1.54) is 6.07 Å². The maximum atomic E-state index is 13.8. The molecule has 0 bridgehead atoms. The molecule has 0 heterocycles. The molecular formula is C13H17BrFNO. The van der Waals surface area contributed by atoms with Crippen LogP contribution in [-0.2, 0) is 0 Å². The molecule has 0 N–H and O–H groups in total. The SMILES string of the molecule is CCCN(C(=O)c1cccc(Br)c1F)C(C)C. The number of nitrogens with zero attached hydrogens (tertiary/aromatic N) is 1. The molecule has 0 aromatic heterocycles. The lowest BCUT2D eigenvalue weighted by Gasteiger charge is -2.26. The summed E-state index contributed by atoms with van der Waals surface area (Å²) in [4.78, 5) is 13.9. The Morgan fingerprint density at radius 2 is 2.12 bits per heavy atom. The average Bonchev–Trinajstić information content (AvgIpc) is 2.28. The lowest BCUT2D eigenvalue weighted by Crippen LogP contribution is -2.38. The van der Waals surface area contributed by atoms with Crippen molar-refractivity contribution in [2.75, 3.05) is 6.54 Å². The lowest BCUT2D eigenvalue weighted by molar-refractivity contribution is 0.0701. The minimum absolute atomic E-state index is 0.0702. The minimum atomic E-state index is -0.487. The number of benzene rings is 1. The van der Waals surface area contributed by atoms with E-state index in [4.69, 9.17) is 0 Å². The van der Waals surface area contributed by atoms with Gasteiger partial charge in [-0.2, -0.15) is 0 Å². The lowest BCUT2D eigenvalue weighted by atomic mass is 10.1. The Kier molecular flexibility index (Phi) is 5.12. The monoisotopic (exact) mass is 301 g/mol. The molecule has 0 aliphatic heterocycles. The fraction of sp³-hybridized carbons (Fsp3) is 0.462. The molecule has 1 rings (SSSR count). The highest BCUT2D eigenvalue weighted by atomic mass is 79.9. The number of amides is 1. The van der Waals surface area contributed by atoms with Crippen LogP contribution in [0.5, 0.6) is 0 Å². The Morgan fingerprint density at radius 3 is 2.65 bits per heavy atom. The maximum absolute atomic E-state index is 13.8. The summed E-state index contributed by atoms with van der Waals surface area (Å²) >= 11 is 3.09. The molecule has 1 aromatic rings. The molecule has 0 spiro atoms. The number of halogens is 2. The highest BCUT2D eigenvalue weighted by molar-refractivity contribution is 9.10. The van der Waals surface area contributed by atoms with Gasteiger partial charge in [0.05, 0.1) is 10.0 Å². The zero-order valence-electron chi connectivity index (χ0n) is 10.3. The van der Waals surface area contributed by atoms with Crippen LogP contribution in [0.2, 0.25) is 0 Å². The molecule has 4 heteroatoms. The molecule has 1 aromatic carbocycles. The molecule has 0 saturated carbocycles. The van der Waals surface area contributed by atoms with E-state index in [1.807, 2.05) is 20.8 Å². The Morgan fingerprint density at radius 1 is 1.47 bits per heavy atom. The molecule has 0 aliphatic rings. The number of carbonyl (C=O) groups excluding carboxylic acids is 1. The average molecular weight is 302 g/mol. The van der Waals surface area contributed by atoms with Crippen LogP contribution in [0.4, 0.5) is 4.39 Å². The molecule has 0 atom stereocenters. The second-order valence-corrected chi connectivity index (χ2v) is 5.05. The van der Waals surface area contributed by atoms with Gasteiger partial charge in [-0.15, -0.1) is 0 Å². The van der Waals surface area contributed by atoms with E-state index < -0.39 is 5.82 Å². The fourth-order valence-corrected chi connectivity index (χ4v) is 2.03. The van der Waals surface area contributed by atoms with E-state index in [0.29, 0.717) is 11.0 Å². The largest absolute Gasteiger partial charge is 0.336 e. The van der Waals surface area contributed by atoms with Crippen molar-refractivity contribution < 1.29 is 9.18 Å². The molecule has 1 amide bonds. The van der Waals surface area contributed by atoms with Gasteiger partial charge in [0.25, 0.3) is 5.91 Å². The van der Waals surface area contributed by atoms with Gasteiger partial charge < -0.3 is 4.90 Å². The van der Waals surface area contributed by atoms with Crippen molar-refractivity contribution in [3.8, 4) is 0 Å². The van der Waals surface area contributed by atoms with E-state index in [-0.39, 0.29) is 17.5 Å². The third-order valence-corrected chi connectivity index (χ3v) is 3.14. The van der Waals surface area contributed by atoms with Crippen LogP contribution in [0.15, 0.2) is 22.7 Å². The van der Waals surface area contributed by atoms with Crippen molar-refractivity contribution in [2.45, 2.75) is 33.2 Å². The van der Waals surface area contributed by atoms with Crippen molar-refractivity contribution in [3.05, 3.63) is 34.1 Å².